The van der Waals surface area contributed by atoms with E-state index in [1.165, 1.54) is 0 Å². The van der Waals surface area contributed by atoms with Crippen molar-refractivity contribution in [1.29, 1.82) is 0 Å². The number of benzene rings is 1. The van der Waals surface area contributed by atoms with Gasteiger partial charge in [0.2, 0.25) is 11.8 Å². The van der Waals surface area contributed by atoms with Gasteiger partial charge in [-0.15, -0.1) is 11.3 Å². The van der Waals surface area contributed by atoms with Crippen LogP contribution >= 0.6 is 23.1 Å². The van der Waals surface area contributed by atoms with Gasteiger partial charge < -0.3 is 16.8 Å². The van der Waals surface area contributed by atoms with Gasteiger partial charge in [-0.2, -0.15) is 0 Å². The first kappa shape index (κ1) is 14.8. The molecule has 1 unspecified atom stereocenters. The molecule has 1 atom stereocenters. The first-order chi connectivity index (χ1) is 9.49. The standard InChI is InChI=1S/C12H14N4O2S2/c1-19-12-16-8-3-2-6(4-9(8)20-12)15-11(18)7(13)5-10(14)17/h2-4,7H,5,13H2,1H3,(H2,14,17)(H,15,18). The van der Waals surface area contributed by atoms with Crippen molar-refractivity contribution in [3.63, 3.8) is 0 Å². The highest BCUT2D eigenvalue weighted by molar-refractivity contribution is 8.00. The van der Waals surface area contributed by atoms with Crippen LogP contribution in [0.2, 0.25) is 0 Å². The minimum absolute atomic E-state index is 0.175. The first-order valence-electron chi connectivity index (χ1n) is 5.79. The molecule has 1 aromatic carbocycles. The molecule has 2 aromatic rings. The van der Waals surface area contributed by atoms with Crippen LogP contribution in [-0.2, 0) is 9.59 Å². The number of fused-ring (bicyclic) bond motifs is 1. The highest BCUT2D eigenvalue weighted by Gasteiger charge is 2.16. The second-order valence-corrected chi connectivity index (χ2v) is 6.22. The highest BCUT2D eigenvalue weighted by atomic mass is 32.2. The molecule has 6 nitrogen and oxygen atoms in total. The van der Waals surface area contributed by atoms with Crippen LogP contribution < -0.4 is 16.8 Å². The third kappa shape index (κ3) is 3.47. The third-order valence-electron chi connectivity index (χ3n) is 2.57. The Morgan fingerprint density at radius 2 is 2.25 bits per heavy atom. The number of nitrogens with one attached hydrogen (secondary N) is 1. The molecule has 2 amide bonds. The Labute approximate surface area is 123 Å². The monoisotopic (exact) mass is 310 g/mol. The average Bonchev–Trinajstić information content (AvgIpc) is 2.80. The number of aromatic nitrogens is 1. The van der Waals surface area contributed by atoms with Gasteiger partial charge in [0, 0.05) is 5.69 Å². The summed E-state index contributed by atoms with van der Waals surface area (Å²) in [7, 11) is 0. The van der Waals surface area contributed by atoms with Gasteiger partial charge in [-0.3, -0.25) is 9.59 Å². The fourth-order valence-corrected chi connectivity index (χ4v) is 3.14. The summed E-state index contributed by atoms with van der Waals surface area (Å²) in [6.07, 6.45) is 1.79. The Balaban J connectivity index is 2.13. The molecular formula is C12H14N4O2S2. The number of amides is 2. The Kier molecular flexibility index (Phi) is 4.58. The topological polar surface area (TPSA) is 111 Å². The van der Waals surface area contributed by atoms with E-state index in [-0.39, 0.29) is 6.42 Å². The maximum atomic E-state index is 11.8. The number of hydrogen-bond donors (Lipinski definition) is 3. The van der Waals surface area contributed by atoms with Gasteiger partial charge in [0.25, 0.3) is 0 Å². The largest absolute Gasteiger partial charge is 0.370 e. The van der Waals surface area contributed by atoms with Crippen molar-refractivity contribution in [2.24, 2.45) is 11.5 Å². The van der Waals surface area contributed by atoms with Crippen LogP contribution in [0.4, 0.5) is 5.69 Å². The van der Waals surface area contributed by atoms with E-state index in [1.807, 2.05) is 18.4 Å². The number of nitrogens with zero attached hydrogens (tertiary/aromatic N) is 1. The highest BCUT2D eigenvalue weighted by Crippen LogP contribution is 2.29. The molecule has 0 aliphatic rings. The van der Waals surface area contributed by atoms with Gasteiger partial charge in [0.1, 0.15) is 0 Å². The zero-order chi connectivity index (χ0) is 14.7. The van der Waals surface area contributed by atoms with E-state index in [1.54, 1.807) is 29.2 Å². The molecule has 0 fully saturated rings. The van der Waals surface area contributed by atoms with E-state index in [0.717, 1.165) is 14.6 Å². The quantitative estimate of drug-likeness (QED) is 0.718. The van der Waals surface area contributed by atoms with Gasteiger partial charge >= 0.3 is 0 Å². The van der Waals surface area contributed by atoms with E-state index in [2.05, 4.69) is 10.3 Å². The van der Waals surface area contributed by atoms with E-state index < -0.39 is 17.9 Å². The summed E-state index contributed by atoms with van der Waals surface area (Å²) in [5.74, 6) is -1.03. The molecule has 2 rings (SSSR count). The van der Waals surface area contributed by atoms with Crippen molar-refractivity contribution in [1.82, 2.24) is 4.98 Å². The Hall–Kier alpha value is -1.64. The Morgan fingerprint density at radius 1 is 1.50 bits per heavy atom. The van der Waals surface area contributed by atoms with Crippen molar-refractivity contribution in [3.05, 3.63) is 18.2 Å². The maximum absolute atomic E-state index is 11.8. The van der Waals surface area contributed by atoms with Gasteiger partial charge in [-0.25, -0.2) is 4.98 Å². The summed E-state index contributed by atoms with van der Waals surface area (Å²) in [6, 6.07) is 4.48. The van der Waals surface area contributed by atoms with E-state index in [9.17, 15) is 9.59 Å². The number of nitrogens with two attached hydrogens (primary N) is 2. The predicted octanol–water partition coefficient (Wildman–Crippen LogP) is 1.16. The van der Waals surface area contributed by atoms with Gasteiger partial charge in [-0.05, 0) is 24.5 Å². The number of rotatable bonds is 5. The van der Waals surface area contributed by atoms with Crippen LogP contribution in [0.5, 0.6) is 0 Å². The zero-order valence-corrected chi connectivity index (χ0v) is 12.4. The number of primary amides is 1. The van der Waals surface area contributed by atoms with Gasteiger partial charge in [0.15, 0.2) is 4.34 Å². The molecule has 1 aromatic heterocycles. The number of anilines is 1. The minimum Gasteiger partial charge on any atom is -0.370 e. The fourth-order valence-electron chi connectivity index (χ4n) is 1.61. The zero-order valence-electron chi connectivity index (χ0n) is 10.8. The van der Waals surface area contributed by atoms with E-state index in [4.69, 9.17) is 11.5 Å². The van der Waals surface area contributed by atoms with E-state index >= 15 is 0 Å². The lowest BCUT2D eigenvalue weighted by Gasteiger charge is -2.10. The average molecular weight is 310 g/mol. The molecule has 0 saturated heterocycles. The number of carbonyl (C=O) groups is 2. The molecule has 8 heteroatoms. The third-order valence-corrected chi connectivity index (χ3v) is 4.57. The van der Waals surface area contributed by atoms with Crippen LogP contribution in [-0.4, -0.2) is 29.1 Å². The molecule has 0 saturated carbocycles. The second kappa shape index (κ2) is 6.21. The number of thiazole rings is 1. The summed E-state index contributed by atoms with van der Waals surface area (Å²) in [4.78, 5) is 26.9. The van der Waals surface area contributed by atoms with Gasteiger partial charge in [-0.1, -0.05) is 11.8 Å². The lowest BCUT2D eigenvalue weighted by molar-refractivity contribution is -0.123. The lowest BCUT2D eigenvalue weighted by Crippen LogP contribution is -2.38. The number of thioether (sulfide) groups is 1. The van der Waals surface area contributed by atoms with Crippen molar-refractivity contribution in [3.8, 4) is 0 Å². The molecular weight excluding hydrogens is 296 g/mol. The summed E-state index contributed by atoms with van der Waals surface area (Å²) >= 11 is 3.13. The van der Waals surface area contributed by atoms with Crippen LogP contribution in [0.3, 0.4) is 0 Å². The molecule has 0 aliphatic carbocycles. The molecule has 0 spiro atoms. The second-order valence-electron chi connectivity index (χ2n) is 4.13. The first-order valence-corrected chi connectivity index (χ1v) is 7.83. The molecule has 20 heavy (non-hydrogen) atoms. The minimum atomic E-state index is -0.939. The van der Waals surface area contributed by atoms with Crippen LogP contribution in [0.1, 0.15) is 6.42 Å². The molecule has 1 heterocycles. The normalized spacial score (nSPS) is 12.3. The molecule has 106 valence electrons. The van der Waals surface area contributed by atoms with Crippen molar-refractivity contribution >= 4 is 50.8 Å². The van der Waals surface area contributed by atoms with Gasteiger partial charge in [0.05, 0.1) is 22.7 Å². The summed E-state index contributed by atoms with van der Waals surface area (Å²) in [5, 5.41) is 2.67. The van der Waals surface area contributed by atoms with Crippen molar-refractivity contribution in [2.75, 3.05) is 11.6 Å². The maximum Gasteiger partial charge on any atom is 0.241 e. The van der Waals surface area contributed by atoms with Crippen LogP contribution in [0.15, 0.2) is 22.5 Å². The van der Waals surface area contributed by atoms with Crippen LogP contribution in [0, 0.1) is 0 Å². The van der Waals surface area contributed by atoms with Crippen molar-refractivity contribution in [2.45, 2.75) is 16.8 Å². The molecule has 5 N–H and O–H groups in total. The molecule has 0 radical (unpaired) electrons. The Morgan fingerprint density at radius 3 is 2.90 bits per heavy atom. The lowest BCUT2D eigenvalue weighted by atomic mass is 10.2. The van der Waals surface area contributed by atoms with Crippen molar-refractivity contribution < 1.29 is 9.59 Å². The fraction of sp³-hybridized carbons (Fsp3) is 0.250. The number of hydrogen-bond acceptors (Lipinski definition) is 6. The number of carbonyl (C=O) groups excluding carboxylic acids is 2. The van der Waals surface area contributed by atoms with Crippen LogP contribution in [0.25, 0.3) is 10.2 Å². The summed E-state index contributed by atoms with van der Waals surface area (Å²) in [5.41, 5.74) is 12.1. The molecule has 0 bridgehead atoms. The summed E-state index contributed by atoms with van der Waals surface area (Å²) < 4.78 is 1.95. The Bertz CT molecular complexity index is 656. The smallest absolute Gasteiger partial charge is 0.241 e. The molecule has 0 aliphatic heterocycles. The summed E-state index contributed by atoms with van der Waals surface area (Å²) in [6.45, 7) is 0. The predicted molar refractivity (Wildman–Crippen MR) is 81.8 cm³/mol. The SMILES string of the molecule is CSc1nc2ccc(NC(=O)C(N)CC(N)=O)cc2s1. The van der Waals surface area contributed by atoms with E-state index in [0.29, 0.717) is 5.69 Å².